The van der Waals surface area contributed by atoms with Crippen LogP contribution < -0.4 is 4.72 Å². The number of rotatable bonds is 8. The summed E-state index contributed by atoms with van der Waals surface area (Å²) >= 11 is 1.65. The summed E-state index contributed by atoms with van der Waals surface area (Å²) in [6.07, 6.45) is 0.149. The first kappa shape index (κ1) is 24.5. The van der Waals surface area contributed by atoms with E-state index in [-0.39, 0.29) is 23.8 Å². The van der Waals surface area contributed by atoms with Crippen molar-refractivity contribution in [1.29, 1.82) is 0 Å². The Morgan fingerprint density at radius 2 is 1.79 bits per heavy atom. The van der Waals surface area contributed by atoms with Gasteiger partial charge in [0.2, 0.25) is 15.9 Å². The van der Waals surface area contributed by atoms with Crippen molar-refractivity contribution in [1.82, 2.24) is 19.5 Å². The lowest BCUT2D eigenvalue weighted by molar-refractivity contribution is -0.132. The molecule has 4 rings (SSSR count). The van der Waals surface area contributed by atoms with Crippen LogP contribution in [-0.2, 0) is 21.4 Å². The molecule has 9 heteroatoms. The number of hydrogen-bond acceptors (Lipinski definition) is 6. The third-order valence-corrected chi connectivity index (χ3v) is 8.50. The summed E-state index contributed by atoms with van der Waals surface area (Å²) in [6, 6.07) is 15.4. The van der Waals surface area contributed by atoms with Crippen molar-refractivity contribution in [2.24, 2.45) is 0 Å². The number of piperazine rings is 1. The lowest BCUT2D eigenvalue weighted by Gasteiger charge is -2.34. The van der Waals surface area contributed by atoms with E-state index in [1.54, 1.807) is 30.4 Å². The first-order chi connectivity index (χ1) is 16.3. The van der Waals surface area contributed by atoms with Crippen molar-refractivity contribution in [3.63, 3.8) is 0 Å². The lowest BCUT2D eigenvalue weighted by atomic mass is 10.2. The van der Waals surface area contributed by atoms with Crippen LogP contribution in [0.25, 0.3) is 10.6 Å². The highest BCUT2D eigenvalue weighted by Gasteiger charge is 2.23. The Hall–Kier alpha value is -2.59. The molecule has 2 aromatic carbocycles. The van der Waals surface area contributed by atoms with Gasteiger partial charge in [0, 0.05) is 56.6 Å². The van der Waals surface area contributed by atoms with Gasteiger partial charge in [-0.1, -0.05) is 48.0 Å². The Morgan fingerprint density at radius 3 is 2.50 bits per heavy atom. The Bertz CT molecular complexity index is 1230. The summed E-state index contributed by atoms with van der Waals surface area (Å²) in [4.78, 5) is 21.8. The number of hydrogen-bond donors (Lipinski definition) is 1. The summed E-state index contributed by atoms with van der Waals surface area (Å²) in [6.45, 7) is 7.39. The van der Waals surface area contributed by atoms with Crippen LogP contribution in [0.3, 0.4) is 0 Å². The second kappa shape index (κ2) is 10.8. The van der Waals surface area contributed by atoms with Crippen molar-refractivity contribution in [3.8, 4) is 10.6 Å². The predicted octanol–water partition coefficient (Wildman–Crippen LogP) is 3.44. The van der Waals surface area contributed by atoms with Gasteiger partial charge in [0.15, 0.2) is 0 Å². The van der Waals surface area contributed by atoms with Crippen molar-refractivity contribution < 1.29 is 13.2 Å². The highest BCUT2D eigenvalue weighted by molar-refractivity contribution is 7.89. The average molecular weight is 499 g/mol. The molecule has 1 N–H and O–H groups in total. The number of carbonyl (C=O) groups excluding carboxylic acids is 1. The normalized spacial score (nSPS) is 14.9. The molecular formula is C25H30N4O3S2. The maximum Gasteiger partial charge on any atom is 0.240 e. The molecule has 1 fully saturated rings. The molecule has 180 valence electrons. The molecule has 1 saturated heterocycles. The van der Waals surface area contributed by atoms with Gasteiger partial charge in [0.25, 0.3) is 0 Å². The summed E-state index contributed by atoms with van der Waals surface area (Å²) < 4.78 is 27.7. The molecule has 0 atom stereocenters. The number of aryl methyl sites for hydroxylation is 2. The third-order valence-electron chi connectivity index (χ3n) is 5.93. The number of carbonyl (C=O) groups is 1. The minimum atomic E-state index is -3.63. The smallest absolute Gasteiger partial charge is 0.240 e. The Morgan fingerprint density at radius 1 is 1.06 bits per heavy atom. The largest absolute Gasteiger partial charge is 0.340 e. The first-order valence-corrected chi connectivity index (χ1v) is 13.7. The molecule has 2 heterocycles. The zero-order valence-corrected chi connectivity index (χ0v) is 21.2. The highest BCUT2D eigenvalue weighted by Crippen LogP contribution is 2.24. The van der Waals surface area contributed by atoms with E-state index >= 15 is 0 Å². The fraction of sp³-hybridized carbons (Fsp3) is 0.360. The molecule has 0 saturated carbocycles. The second-order valence-electron chi connectivity index (χ2n) is 8.58. The second-order valence-corrected chi connectivity index (χ2v) is 11.2. The Labute approximate surface area is 205 Å². The zero-order chi connectivity index (χ0) is 24.1. The van der Waals surface area contributed by atoms with Crippen LogP contribution in [0.15, 0.2) is 58.8 Å². The number of benzene rings is 2. The molecule has 1 aliphatic rings. The zero-order valence-electron chi connectivity index (χ0n) is 19.5. The van der Waals surface area contributed by atoms with E-state index in [1.807, 2.05) is 36.1 Å². The van der Waals surface area contributed by atoms with Crippen LogP contribution in [0.4, 0.5) is 0 Å². The van der Waals surface area contributed by atoms with E-state index in [0.717, 1.165) is 41.5 Å². The van der Waals surface area contributed by atoms with Gasteiger partial charge in [-0.3, -0.25) is 9.69 Å². The first-order valence-electron chi connectivity index (χ1n) is 11.4. The van der Waals surface area contributed by atoms with Crippen LogP contribution in [-0.4, -0.2) is 61.8 Å². The minimum absolute atomic E-state index is 0.0250. The Kier molecular flexibility index (Phi) is 7.77. The number of sulfonamides is 1. The topological polar surface area (TPSA) is 82.6 Å². The maximum absolute atomic E-state index is 12.6. The molecule has 0 aliphatic carbocycles. The van der Waals surface area contributed by atoms with Crippen molar-refractivity contribution in [2.45, 2.75) is 31.7 Å². The van der Waals surface area contributed by atoms with Crippen LogP contribution in [0.1, 0.15) is 23.2 Å². The Balaban J connectivity index is 1.22. The van der Waals surface area contributed by atoms with E-state index in [2.05, 4.69) is 27.1 Å². The molecule has 0 spiro atoms. The highest BCUT2D eigenvalue weighted by atomic mass is 32.2. The molecular weight excluding hydrogens is 468 g/mol. The van der Waals surface area contributed by atoms with Gasteiger partial charge in [0.05, 0.1) is 10.6 Å². The summed E-state index contributed by atoms with van der Waals surface area (Å²) in [5.41, 5.74) is 3.88. The lowest BCUT2D eigenvalue weighted by Crippen LogP contribution is -2.48. The SMILES string of the molecule is Cc1ccc(S(=O)(=O)NCCC(=O)N2CCN(Cc3csc(-c4ccccc4)n3)CC2)c(C)c1. The molecule has 0 bridgehead atoms. The quantitative estimate of drug-likeness (QED) is 0.515. The molecule has 1 aromatic heterocycles. The molecule has 3 aromatic rings. The molecule has 0 unspecified atom stereocenters. The number of nitrogens with zero attached hydrogens (tertiary/aromatic N) is 3. The van der Waals surface area contributed by atoms with E-state index in [0.29, 0.717) is 18.7 Å². The van der Waals surface area contributed by atoms with Crippen LogP contribution in [0.2, 0.25) is 0 Å². The third kappa shape index (κ3) is 6.09. The van der Waals surface area contributed by atoms with Gasteiger partial charge in [0.1, 0.15) is 5.01 Å². The molecule has 1 amide bonds. The van der Waals surface area contributed by atoms with Crippen LogP contribution >= 0.6 is 11.3 Å². The van der Waals surface area contributed by atoms with Gasteiger partial charge < -0.3 is 4.90 Å². The van der Waals surface area contributed by atoms with Gasteiger partial charge in [-0.15, -0.1) is 11.3 Å². The number of amides is 1. The van der Waals surface area contributed by atoms with Gasteiger partial charge in [-0.2, -0.15) is 0 Å². The van der Waals surface area contributed by atoms with E-state index in [4.69, 9.17) is 4.98 Å². The predicted molar refractivity (Wildman–Crippen MR) is 135 cm³/mol. The average Bonchev–Trinajstić information content (AvgIpc) is 3.28. The van der Waals surface area contributed by atoms with E-state index in [1.165, 1.54) is 0 Å². The minimum Gasteiger partial charge on any atom is -0.340 e. The molecule has 34 heavy (non-hydrogen) atoms. The summed E-state index contributed by atoms with van der Waals surface area (Å²) in [5.74, 6) is -0.0250. The van der Waals surface area contributed by atoms with Crippen molar-refractivity contribution >= 4 is 27.3 Å². The molecule has 0 radical (unpaired) electrons. The standard InChI is InChI=1S/C25H30N4O3S2/c1-19-8-9-23(20(2)16-19)34(31,32)26-11-10-24(30)29-14-12-28(13-15-29)17-22-18-33-25(27-22)21-6-4-3-5-7-21/h3-9,16,18,26H,10-15,17H2,1-2H3. The van der Waals surface area contributed by atoms with Gasteiger partial charge in [-0.25, -0.2) is 18.1 Å². The number of aromatic nitrogens is 1. The summed E-state index contributed by atoms with van der Waals surface area (Å²) in [5, 5.41) is 3.12. The van der Waals surface area contributed by atoms with E-state index < -0.39 is 10.0 Å². The fourth-order valence-electron chi connectivity index (χ4n) is 4.11. The van der Waals surface area contributed by atoms with Crippen molar-refractivity contribution in [3.05, 3.63) is 70.7 Å². The van der Waals surface area contributed by atoms with Gasteiger partial charge in [-0.05, 0) is 25.5 Å². The number of thiazole rings is 1. The van der Waals surface area contributed by atoms with Crippen LogP contribution in [0.5, 0.6) is 0 Å². The van der Waals surface area contributed by atoms with Crippen LogP contribution in [0, 0.1) is 13.8 Å². The number of nitrogens with one attached hydrogen (secondary N) is 1. The maximum atomic E-state index is 12.6. The monoisotopic (exact) mass is 498 g/mol. The fourth-order valence-corrected chi connectivity index (χ4v) is 6.18. The summed E-state index contributed by atoms with van der Waals surface area (Å²) in [7, 11) is -3.63. The molecule has 7 nitrogen and oxygen atoms in total. The molecule has 1 aliphatic heterocycles. The van der Waals surface area contributed by atoms with Crippen molar-refractivity contribution in [2.75, 3.05) is 32.7 Å². The van der Waals surface area contributed by atoms with Gasteiger partial charge >= 0.3 is 0 Å². The van der Waals surface area contributed by atoms with E-state index in [9.17, 15) is 13.2 Å².